The maximum atomic E-state index is 11.5. The van der Waals surface area contributed by atoms with E-state index in [1.807, 2.05) is 39.5 Å². The minimum absolute atomic E-state index is 0.00535. The molecule has 3 heteroatoms. The summed E-state index contributed by atoms with van der Waals surface area (Å²) < 4.78 is 5.28. The minimum Gasteiger partial charge on any atom is -0.460 e. The van der Waals surface area contributed by atoms with Crippen molar-refractivity contribution in [2.24, 2.45) is 5.92 Å². The quantitative estimate of drug-likeness (QED) is 0.524. The number of carbonyl (C=O) groups excluding carboxylic acids is 1. The number of hydrogen-bond acceptors (Lipinski definition) is 3. The number of thioether (sulfide) groups is 1. The highest BCUT2D eigenvalue weighted by Crippen LogP contribution is 2.15. The molecular formula is C11H22O2S. The lowest BCUT2D eigenvalue weighted by Crippen LogP contribution is -2.28. The van der Waals surface area contributed by atoms with Gasteiger partial charge in [-0.15, -0.1) is 0 Å². The van der Waals surface area contributed by atoms with Gasteiger partial charge in [0, 0.05) is 5.75 Å². The van der Waals surface area contributed by atoms with Gasteiger partial charge in [-0.2, -0.15) is 11.8 Å². The van der Waals surface area contributed by atoms with Gasteiger partial charge >= 0.3 is 5.97 Å². The fourth-order valence-corrected chi connectivity index (χ4v) is 1.82. The van der Waals surface area contributed by atoms with E-state index < -0.39 is 0 Å². The molecule has 0 N–H and O–H groups in total. The Balaban J connectivity index is 3.77. The zero-order valence-electron chi connectivity index (χ0n) is 9.92. The number of rotatable bonds is 5. The molecule has 0 aliphatic rings. The van der Waals surface area contributed by atoms with Crippen molar-refractivity contribution in [3.63, 3.8) is 0 Å². The third-order valence-electron chi connectivity index (χ3n) is 1.53. The predicted molar refractivity (Wildman–Crippen MR) is 62.6 cm³/mol. The average molecular weight is 218 g/mol. The van der Waals surface area contributed by atoms with Gasteiger partial charge < -0.3 is 4.74 Å². The second-order valence-electron chi connectivity index (χ2n) is 4.51. The van der Waals surface area contributed by atoms with Gasteiger partial charge in [-0.25, -0.2) is 0 Å². The zero-order chi connectivity index (χ0) is 11.2. The fraction of sp³-hybridized carbons (Fsp3) is 0.909. The molecule has 0 radical (unpaired) electrons. The Kier molecular flexibility index (Phi) is 6.25. The Morgan fingerprint density at radius 3 is 2.43 bits per heavy atom. The molecule has 0 rings (SSSR count). The van der Waals surface area contributed by atoms with E-state index in [4.69, 9.17) is 4.74 Å². The molecule has 14 heavy (non-hydrogen) atoms. The van der Waals surface area contributed by atoms with Crippen molar-refractivity contribution in [1.29, 1.82) is 0 Å². The van der Waals surface area contributed by atoms with Crippen molar-refractivity contribution in [3.05, 3.63) is 0 Å². The third kappa shape index (κ3) is 7.25. The predicted octanol–water partition coefficient (Wildman–Crippen LogP) is 3.11. The monoisotopic (exact) mass is 218 g/mol. The van der Waals surface area contributed by atoms with Crippen LogP contribution in [0.3, 0.4) is 0 Å². The van der Waals surface area contributed by atoms with Crippen LogP contribution in [0.2, 0.25) is 0 Å². The molecule has 1 atom stereocenters. The maximum absolute atomic E-state index is 11.5. The van der Waals surface area contributed by atoms with E-state index in [-0.39, 0.29) is 17.5 Å². The lowest BCUT2D eigenvalue weighted by Gasteiger charge is -2.22. The van der Waals surface area contributed by atoms with Gasteiger partial charge in [0.05, 0.1) is 5.92 Å². The molecule has 0 bridgehead atoms. The van der Waals surface area contributed by atoms with Crippen LogP contribution < -0.4 is 0 Å². The van der Waals surface area contributed by atoms with Gasteiger partial charge in [0.15, 0.2) is 0 Å². The topological polar surface area (TPSA) is 26.3 Å². The highest BCUT2D eigenvalue weighted by molar-refractivity contribution is 7.99. The van der Waals surface area contributed by atoms with Crippen LogP contribution in [0.4, 0.5) is 0 Å². The number of carbonyl (C=O) groups is 1. The van der Waals surface area contributed by atoms with E-state index in [1.54, 1.807) is 0 Å². The molecule has 0 heterocycles. The van der Waals surface area contributed by atoms with Crippen molar-refractivity contribution >= 4 is 17.7 Å². The SMILES string of the molecule is CCCSC[C@H](C)C(=O)OC(C)(C)C. The summed E-state index contributed by atoms with van der Waals surface area (Å²) >= 11 is 1.81. The molecule has 0 amide bonds. The van der Waals surface area contributed by atoms with E-state index in [0.29, 0.717) is 0 Å². The molecule has 84 valence electrons. The third-order valence-corrected chi connectivity index (χ3v) is 2.96. The van der Waals surface area contributed by atoms with Gasteiger partial charge in [-0.3, -0.25) is 4.79 Å². The normalized spacial score (nSPS) is 13.8. The maximum Gasteiger partial charge on any atom is 0.310 e. The molecule has 0 saturated carbocycles. The van der Waals surface area contributed by atoms with Gasteiger partial charge in [0.2, 0.25) is 0 Å². The molecule has 0 fully saturated rings. The number of hydrogen-bond donors (Lipinski definition) is 0. The summed E-state index contributed by atoms with van der Waals surface area (Å²) in [5.74, 6) is 1.91. The summed E-state index contributed by atoms with van der Waals surface area (Å²) in [6.07, 6.45) is 1.16. The van der Waals surface area contributed by atoms with Crippen LogP contribution in [0.15, 0.2) is 0 Å². The van der Waals surface area contributed by atoms with E-state index >= 15 is 0 Å². The standard InChI is InChI=1S/C11H22O2S/c1-6-7-14-8-9(2)10(12)13-11(3,4)5/h9H,6-8H2,1-5H3/t9-/m0/s1. The first kappa shape index (κ1) is 13.8. The Labute approximate surface area is 91.8 Å². The van der Waals surface area contributed by atoms with Crippen LogP contribution >= 0.6 is 11.8 Å². The van der Waals surface area contributed by atoms with Crippen LogP contribution in [0.25, 0.3) is 0 Å². The van der Waals surface area contributed by atoms with Gasteiger partial charge in [0.1, 0.15) is 5.60 Å². The first-order valence-electron chi connectivity index (χ1n) is 5.17. The average Bonchev–Trinajstić information content (AvgIpc) is 2.01. The lowest BCUT2D eigenvalue weighted by atomic mass is 10.1. The molecule has 0 aliphatic heterocycles. The van der Waals surface area contributed by atoms with E-state index in [1.165, 1.54) is 0 Å². The zero-order valence-corrected chi connectivity index (χ0v) is 10.7. The smallest absolute Gasteiger partial charge is 0.310 e. The van der Waals surface area contributed by atoms with E-state index in [9.17, 15) is 4.79 Å². The van der Waals surface area contributed by atoms with Gasteiger partial charge in [-0.1, -0.05) is 13.8 Å². The summed E-state index contributed by atoms with van der Waals surface area (Å²) in [4.78, 5) is 11.5. The summed E-state index contributed by atoms with van der Waals surface area (Å²) in [7, 11) is 0. The molecule has 0 saturated heterocycles. The second-order valence-corrected chi connectivity index (χ2v) is 5.66. The van der Waals surface area contributed by atoms with Crippen LogP contribution in [-0.2, 0) is 9.53 Å². The highest BCUT2D eigenvalue weighted by atomic mass is 32.2. The number of ether oxygens (including phenoxy) is 1. The molecule has 0 unspecified atom stereocenters. The molecule has 0 aromatic heterocycles. The Morgan fingerprint density at radius 2 is 2.00 bits per heavy atom. The van der Waals surface area contributed by atoms with Crippen LogP contribution in [0.5, 0.6) is 0 Å². The summed E-state index contributed by atoms with van der Waals surface area (Å²) in [6.45, 7) is 9.77. The van der Waals surface area contributed by atoms with E-state index in [2.05, 4.69) is 6.92 Å². The second kappa shape index (κ2) is 6.33. The highest BCUT2D eigenvalue weighted by Gasteiger charge is 2.21. The first-order valence-corrected chi connectivity index (χ1v) is 6.33. The molecule has 2 nitrogen and oxygen atoms in total. The van der Waals surface area contributed by atoms with Crippen molar-refractivity contribution in [3.8, 4) is 0 Å². The first-order chi connectivity index (χ1) is 6.37. The summed E-state index contributed by atoms with van der Waals surface area (Å²) in [5, 5.41) is 0. The van der Waals surface area contributed by atoms with Crippen molar-refractivity contribution in [2.75, 3.05) is 11.5 Å². The molecule has 0 aromatic carbocycles. The largest absolute Gasteiger partial charge is 0.460 e. The summed E-state index contributed by atoms with van der Waals surface area (Å²) in [5.41, 5.74) is -0.360. The van der Waals surface area contributed by atoms with Crippen molar-refractivity contribution in [2.45, 2.75) is 46.6 Å². The lowest BCUT2D eigenvalue weighted by molar-refractivity contribution is -0.158. The molecule has 0 spiro atoms. The Bertz CT molecular complexity index is 173. The van der Waals surface area contributed by atoms with Gasteiger partial charge in [0.25, 0.3) is 0 Å². The minimum atomic E-state index is -0.360. The van der Waals surface area contributed by atoms with Crippen molar-refractivity contribution in [1.82, 2.24) is 0 Å². The summed E-state index contributed by atoms with van der Waals surface area (Å²) in [6, 6.07) is 0. The van der Waals surface area contributed by atoms with Crippen LogP contribution in [-0.4, -0.2) is 23.1 Å². The Hall–Kier alpha value is -0.180. The molecule has 0 aromatic rings. The Morgan fingerprint density at radius 1 is 1.43 bits per heavy atom. The number of esters is 1. The van der Waals surface area contributed by atoms with E-state index in [0.717, 1.165) is 17.9 Å². The molecular weight excluding hydrogens is 196 g/mol. The fourth-order valence-electron chi connectivity index (χ4n) is 0.875. The molecule has 0 aliphatic carbocycles. The van der Waals surface area contributed by atoms with Crippen LogP contribution in [0.1, 0.15) is 41.0 Å². The van der Waals surface area contributed by atoms with Crippen molar-refractivity contribution < 1.29 is 9.53 Å². The van der Waals surface area contributed by atoms with Crippen LogP contribution in [0, 0.1) is 5.92 Å². The van der Waals surface area contributed by atoms with Gasteiger partial charge in [-0.05, 0) is 32.9 Å².